The average Bonchev–Trinajstić information content (AvgIpc) is 2.69. The molecule has 2 aliphatic rings. The van der Waals surface area contributed by atoms with Crippen molar-refractivity contribution in [3.05, 3.63) is 35.4 Å². The molecule has 2 fully saturated rings. The number of pyridine rings is 1. The molecule has 6 heteroatoms. The van der Waals surface area contributed by atoms with Crippen LogP contribution in [0.15, 0.2) is 24.3 Å². The number of nitrogens with zero attached hydrogens (tertiary/aromatic N) is 4. The van der Waals surface area contributed by atoms with Crippen LogP contribution in [0.2, 0.25) is 0 Å². The van der Waals surface area contributed by atoms with Crippen LogP contribution in [-0.2, 0) is 6.54 Å². The molecule has 2 aromatic rings. The first-order valence-corrected chi connectivity index (χ1v) is 10.1. The largest absolute Gasteiger partial charge is 0.395 e. The molecule has 27 heavy (non-hydrogen) atoms. The van der Waals surface area contributed by atoms with Crippen LogP contribution in [0.4, 0.5) is 5.82 Å². The third-order valence-corrected chi connectivity index (χ3v) is 5.72. The Kier molecular flexibility index (Phi) is 5.88. The predicted molar refractivity (Wildman–Crippen MR) is 110 cm³/mol. The first-order valence-electron chi connectivity index (χ1n) is 10.1. The van der Waals surface area contributed by atoms with Crippen molar-refractivity contribution in [1.82, 2.24) is 20.1 Å². The van der Waals surface area contributed by atoms with Crippen LogP contribution >= 0.6 is 0 Å². The number of aliphatic hydroxyl groups excluding tert-OH is 1. The summed E-state index contributed by atoms with van der Waals surface area (Å²) in [6, 6.07) is 8.91. The SMILES string of the molecule is Cc1ccc2cc(CN3CCNCC3)c(N3CCN(CCO)CC3)nc2c1. The van der Waals surface area contributed by atoms with Gasteiger partial charge in [-0.2, -0.15) is 0 Å². The summed E-state index contributed by atoms with van der Waals surface area (Å²) in [5.41, 5.74) is 3.68. The number of nitrogens with one attached hydrogen (secondary N) is 1. The molecule has 2 saturated heterocycles. The standard InChI is InChI=1S/C21H31N5O/c1-17-2-3-18-15-19(16-25-6-4-22-5-7-25)21(23-20(18)14-17)26-10-8-24(9-11-26)12-13-27/h2-3,14-15,22,27H,4-13,16H2,1H3. The van der Waals surface area contributed by atoms with Gasteiger partial charge in [-0.1, -0.05) is 12.1 Å². The highest BCUT2D eigenvalue weighted by molar-refractivity contribution is 5.82. The van der Waals surface area contributed by atoms with Gasteiger partial charge in [0.15, 0.2) is 0 Å². The number of benzene rings is 1. The van der Waals surface area contributed by atoms with Crippen LogP contribution in [0.3, 0.4) is 0 Å². The normalized spacial score (nSPS) is 19.7. The fourth-order valence-corrected chi connectivity index (χ4v) is 4.14. The molecule has 1 aromatic heterocycles. The summed E-state index contributed by atoms with van der Waals surface area (Å²) in [6.45, 7) is 12.3. The lowest BCUT2D eigenvalue weighted by Gasteiger charge is -2.37. The number of fused-ring (bicyclic) bond motifs is 1. The molecular weight excluding hydrogens is 338 g/mol. The molecule has 0 atom stereocenters. The molecular formula is C21H31N5O. The van der Waals surface area contributed by atoms with Gasteiger partial charge in [0, 0.05) is 76.4 Å². The van der Waals surface area contributed by atoms with E-state index in [9.17, 15) is 5.11 Å². The smallest absolute Gasteiger partial charge is 0.133 e. The van der Waals surface area contributed by atoms with Crippen LogP contribution in [0, 0.1) is 6.92 Å². The Morgan fingerprint density at radius 3 is 2.52 bits per heavy atom. The minimum absolute atomic E-state index is 0.238. The molecule has 3 heterocycles. The van der Waals surface area contributed by atoms with Crippen molar-refractivity contribution in [1.29, 1.82) is 0 Å². The number of anilines is 1. The van der Waals surface area contributed by atoms with Crippen LogP contribution < -0.4 is 10.2 Å². The van der Waals surface area contributed by atoms with Gasteiger partial charge in [-0.25, -0.2) is 4.98 Å². The Labute approximate surface area is 161 Å². The van der Waals surface area contributed by atoms with Gasteiger partial charge in [0.25, 0.3) is 0 Å². The zero-order chi connectivity index (χ0) is 18.6. The topological polar surface area (TPSA) is 54.9 Å². The maximum Gasteiger partial charge on any atom is 0.133 e. The Balaban J connectivity index is 1.62. The second-order valence-corrected chi connectivity index (χ2v) is 7.75. The second-order valence-electron chi connectivity index (χ2n) is 7.75. The van der Waals surface area contributed by atoms with Gasteiger partial charge in [0.05, 0.1) is 12.1 Å². The van der Waals surface area contributed by atoms with E-state index in [-0.39, 0.29) is 6.61 Å². The predicted octanol–water partition coefficient (Wildman–Crippen LogP) is 1.06. The highest BCUT2D eigenvalue weighted by Gasteiger charge is 2.22. The minimum Gasteiger partial charge on any atom is -0.395 e. The molecule has 1 aromatic carbocycles. The number of hydrogen-bond acceptors (Lipinski definition) is 6. The highest BCUT2D eigenvalue weighted by Crippen LogP contribution is 2.27. The Morgan fingerprint density at radius 1 is 1.00 bits per heavy atom. The van der Waals surface area contributed by atoms with E-state index >= 15 is 0 Å². The molecule has 0 saturated carbocycles. The highest BCUT2D eigenvalue weighted by atomic mass is 16.3. The fourth-order valence-electron chi connectivity index (χ4n) is 4.14. The van der Waals surface area contributed by atoms with Crippen LogP contribution in [0.1, 0.15) is 11.1 Å². The lowest BCUT2D eigenvalue weighted by atomic mass is 10.1. The number of hydrogen-bond donors (Lipinski definition) is 2. The Bertz CT molecular complexity index is 767. The Hall–Kier alpha value is -1.73. The Morgan fingerprint density at radius 2 is 1.78 bits per heavy atom. The van der Waals surface area contributed by atoms with Gasteiger partial charge in [0.2, 0.25) is 0 Å². The van der Waals surface area contributed by atoms with Crippen molar-refractivity contribution >= 4 is 16.7 Å². The number of β-amino-alcohol motifs (C(OH)–C–C–N with tert-alkyl or cyclic N) is 1. The van der Waals surface area contributed by atoms with Crippen molar-refractivity contribution in [3.8, 4) is 0 Å². The molecule has 146 valence electrons. The lowest BCUT2D eigenvalue weighted by molar-refractivity contribution is 0.188. The molecule has 0 bridgehead atoms. The molecule has 0 unspecified atom stereocenters. The van der Waals surface area contributed by atoms with Gasteiger partial charge in [-0.15, -0.1) is 0 Å². The summed E-state index contributed by atoms with van der Waals surface area (Å²) in [5.74, 6) is 1.15. The molecule has 6 nitrogen and oxygen atoms in total. The lowest BCUT2D eigenvalue weighted by Crippen LogP contribution is -2.48. The summed E-state index contributed by atoms with van der Waals surface area (Å²) < 4.78 is 0. The molecule has 2 N–H and O–H groups in total. The van der Waals surface area contributed by atoms with Gasteiger partial charge < -0.3 is 15.3 Å². The van der Waals surface area contributed by atoms with E-state index in [1.807, 2.05) is 0 Å². The third kappa shape index (κ3) is 4.41. The maximum atomic E-state index is 9.19. The van der Waals surface area contributed by atoms with E-state index in [1.54, 1.807) is 0 Å². The van der Waals surface area contributed by atoms with Gasteiger partial charge in [0.1, 0.15) is 5.82 Å². The van der Waals surface area contributed by atoms with Crippen molar-refractivity contribution in [2.75, 3.05) is 70.4 Å². The van der Waals surface area contributed by atoms with E-state index in [0.717, 1.165) is 76.8 Å². The summed E-state index contributed by atoms with van der Waals surface area (Å²) in [6.07, 6.45) is 0. The first kappa shape index (κ1) is 18.6. The number of aliphatic hydroxyl groups is 1. The van der Waals surface area contributed by atoms with Crippen LogP contribution in [0.25, 0.3) is 10.9 Å². The van der Waals surface area contributed by atoms with E-state index < -0.39 is 0 Å². The number of aromatic nitrogens is 1. The zero-order valence-electron chi connectivity index (χ0n) is 16.3. The van der Waals surface area contributed by atoms with Gasteiger partial charge in [-0.3, -0.25) is 9.80 Å². The molecule has 4 rings (SSSR count). The van der Waals surface area contributed by atoms with Crippen molar-refractivity contribution in [2.24, 2.45) is 0 Å². The fraction of sp³-hybridized carbons (Fsp3) is 0.571. The van der Waals surface area contributed by atoms with E-state index in [2.05, 4.69) is 51.2 Å². The van der Waals surface area contributed by atoms with Gasteiger partial charge >= 0.3 is 0 Å². The van der Waals surface area contributed by atoms with Crippen molar-refractivity contribution in [2.45, 2.75) is 13.5 Å². The number of rotatable bonds is 5. The molecule has 0 spiro atoms. The van der Waals surface area contributed by atoms with Crippen molar-refractivity contribution in [3.63, 3.8) is 0 Å². The number of aryl methyl sites for hydroxylation is 1. The molecule has 0 amide bonds. The summed E-state index contributed by atoms with van der Waals surface area (Å²) in [7, 11) is 0. The van der Waals surface area contributed by atoms with Gasteiger partial charge in [-0.05, 0) is 24.6 Å². The van der Waals surface area contributed by atoms with E-state index in [4.69, 9.17) is 4.98 Å². The third-order valence-electron chi connectivity index (χ3n) is 5.72. The summed E-state index contributed by atoms with van der Waals surface area (Å²) in [5, 5.41) is 13.9. The average molecular weight is 370 g/mol. The van der Waals surface area contributed by atoms with E-state index in [0.29, 0.717) is 0 Å². The molecule has 2 aliphatic heterocycles. The summed E-state index contributed by atoms with van der Waals surface area (Å²) >= 11 is 0. The van der Waals surface area contributed by atoms with E-state index in [1.165, 1.54) is 16.5 Å². The monoisotopic (exact) mass is 369 g/mol. The summed E-state index contributed by atoms with van der Waals surface area (Å²) in [4.78, 5) is 12.4. The second kappa shape index (κ2) is 8.52. The molecule has 0 aliphatic carbocycles. The number of piperazine rings is 2. The van der Waals surface area contributed by atoms with Crippen LogP contribution in [-0.4, -0.2) is 85.4 Å². The maximum absolute atomic E-state index is 9.19. The minimum atomic E-state index is 0.238. The molecule has 0 radical (unpaired) electrons. The quantitative estimate of drug-likeness (QED) is 0.822. The first-order chi connectivity index (χ1) is 13.2. The van der Waals surface area contributed by atoms with Crippen molar-refractivity contribution < 1.29 is 5.11 Å². The van der Waals surface area contributed by atoms with Crippen LogP contribution in [0.5, 0.6) is 0 Å². The zero-order valence-corrected chi connectivity index (χ0v) is 16.3.